The molecular weight excluding hydrogens is 238 g/mol. The van der Waals surface area contributed by atoms with E-state index in [4.69, 9.17) is 10.00 Å². The smallest absolute Gasteiger partial charge is 0.123 e. The molecule has 1 unspecified atom stereocenters. The largest absolute Gasteiger partial charge is 0.496 e. The molecule has 102 valence electrons. The van der Waals surface area contributed by atoms with Crippen LogP contribution in [0.5, 0.6) is 5.75 Å². The lowest BCUT2D eigenvalue weighted by atomic mass is 10.0. The summed E-state index contributed by atoms with van der Waals surface area (Å²) in [6.45, 7) is 2.97. The minimum Gasteiger partial charge on any atom is -0.496 e. The zero-order valence-corrected chi connectivity index (χ0v) is 11.6. The van der Waals surface area contributed by atoms with Gasteiger partial charge in [-0.15, -0.1) is 0 Å². The normalized spacial score (nSPS) is 19.2. The Hall–Kier alpha value is -1.57. The third-order valence-electron chi connectivity index (χ3n) is 3.72. The molecular formula is C15H21N3O. The topological polar surface area (TPSA) is 48.3 Å². The van der Waals surface area contributed by atoms with E-state index in [0.29, 0.717) is 11.6 Å². The molecule has 0 saturated carbocycles. The van der Waals surface area contributed by atoms with Crippen LogP contribution in [0.4, 0.5) is 0 Å². The molecule has 0 radical (unpaired) electrons. The number of piperidine rings is 1. The zero-order chi connectivity index (χ0) is 13.7. The van der Waals surface area contributed by atoms with Gasteiger partial charge in [-0.05, 0) is 44.6 Å². The summed E-state index contributed by atoms with van der Waals surface area (Å²) in [5, 5.41) is 12.4. The summed E-state index contributed by atoms with van der Waals surface area (Å²) in [6.07, 6.45) is 2.45. The van der Waals surface area contributed by atoms with Crippen LogP contribution in [-0.4, -0.2) is 38.2 Å². The highest BCUT2D eigenvalue weighted by Gasteiger charge is 2.18. The van der Waals surface area contributed by atoms with Gasteiger partial charge < -0.3 is 10.1 Å². The lowest BCUT2D eigenvalue weighted by Crippen LogP contribution is -2.43. The van der Waals surface area contributed by atoms with Gasteiger partial charge in [0.15, 0.2) is 0 Å². The summed E-state index contributed by atoms with van der Waals surface area (Å²) in [5.74, 6) is 0.856. The number of likely N-dealkylation sites (N-methyl/N-ethyl adjacent to an activating group) is 1. The van der Waals surface area contributed by atoms with E-state index in [1.165, 1.54) is 12.8 Å². The van der Waals surface area contributed by atoms with Gasteiger partial charge in [0.25, 0.3) is 0 Å². The fourth-order valence-corrected chi connectivity index (χ4v) is 2.58. The Bertz CT molecular complexity index is 461. The molecule has 1 aliphatic heterocycles. The Morgan fingerprint density at radius 1 is 1.53 bits per heavy atom. The van der Waals surface area contributed by atoms with Crippen LogP contribution in [0.15, 0.2) is 18.2 Å². The molecule has 4 nitrogen and oxygen atoms in total. The Labute approximate surface area is 115 Å². The fraction of sp³-hybridized carbons (Fsp3) is 0.533. The van der Waals surface area contributed by atoms with Gasteiger partial charge in [-0.2, -0.15) is 5.26 Å². The molecule has 0 aliphatic carbocycles. The molecule has 1 atom stereocenters. The van der Waals surface area contributed by atoms with Crippen molar-refractivity contribution < 1.29 is 4.74 Å². The van der Waals surface area contributed by atoms with Crippen LogP contribution in [0, 0.1) is 11.3 Å². The van der Waals surface area contributed by atoms with Crippen molar-refractivity contribution in [3.63, 3.8) is 0 Å². The number of nitriles is 1. The first-order valence-corrected chi connectivity index (χ1v) is 6.72. The summed E-state index contributed by atoms with van der Waals surface area (Å²) in [5.41, 5.74) is 1.76. The molecule has 0 aromatic heterocycles. The van der Waals surface area contributed by atoms with Gasteiger partial charge in [-0.3, -0.25) is 4.90 Å². The van der Waals surface area contributed by atoms with Gasteiger partial charge in [0.1, 0.15) is 5.75 Å². The van der Waals surface area contributed by atoms with Crippen molar-refractivity contribution >= 4 is 0 Å². The maximum absolute atomic E-state index is 8.99. The molecule has 1 aromatic carbocycles. The number of methoxy groups -OCH3 is 1. The first kappa shape index (κ1) is 13.9. The number of nitrogens with zero attached hydrogens (tertiary/aromatic N) is 2. The highest BCUT2D eigenvalue weighted by atomic mass is 16.5. The molecule has 2 rings (SSSR count). The van der Waals surface area contributed by atoms with Crippen LogP contribution >= 0.6 is 0 Å². The van der Waals surface area contributed by atoms with E-state index < -0.39 is 0 Å². The summed E-state index contributed by atoms with van der Waals surface area (Å²) in [4.78, 5) is 2.34. The molecule has 1 N–H and O–H groups in total. The van der Waals surface area contributed by atoms with Crippen molar-refractivity contribution in [2.24, 2.45) is 0 Å². The van der Waals surface area contributed by atoms with Crippen LogP contribution in [0.1, 0.15) is 24.0 Å². The lowest BCUT2D eigenvalue weighted by Gasteiger charge is -2.32. The van der Waals surface area contributed by atoms with Crippen LogP contribution in [0.3, 0.4) is 0 Å². The summed E-state index contributed by atoms with van der Waals surface area (Å²) < 4.78 is 5.38. The van der Waals surface area contributed by atoms with Crippen molar-refractivity contribution in [3.8, 4) is 11.8 Å². The van der Waals surface area contributed by atoms with E-state index in [-0.39, 0.29) is 0 Å². The predicted molar refractivity (Wildman–Crippen MR) is 75.1 cm³/mol. The average Bonchev–Trinajstić information content (AvgIpc) is 2.48. The van der Waals surface area contributed by atoms with E-state index in [9.17, 15) is 0 Å². The molecule has 0 amide bonds. The highest BCUT2D eigenvalue weighted by Crippen LogP contribution is 2.22. The molecule has 0 bridgehead atoms. The molecule has 1 saturated heterocycles. The zero-order valence-electron chi connectivity index (χ0n) is 11.6. The van der Waals surface area contributed by atoms with Crippen molar-refractivity contribution in [1.82, 2.24) is 10.2 Å². The van der Waals surface area contributed by atoms with Gasteiger partial charge in [-0.25, -0.2) is 0 Å². The first-order chi connectivity index (χ1) is 9.24. The molecule has 19 heavy (non-hydrogen) atoms. The van der Waals surface area contributed by atoms with E-state index in [1.807, 2.05) is 12.1 Å². The van der Waals surface area contributed by atoms with E-state index in [1.54, 1.807) is 13.2 Å². The number of hydrogen-bond donors (Lipinski definition) is 1. The Morgan fingerprint density at radius 2 is 2.37 bits per heavy atom. The average molecular weight is 259 g/mol. The number of benzene rings is 1. The highest BCUT2D eigenvalue weighted by molar-refractivity contribution is 5.42. The second kappa shape index (κ2) is 6.55. The number of rotatable bonds is 4. The molecule has 1 aliphatic rings. The van der Waals surface area contributed by atoms with Crippen molar-refractivity contribution in [3.05, 3.63) is 29.3 Å². The van der Waals surface area contributed by atoms with Crippen LogP contribution < -0.4 is 10.1 Å². The van der Waals surface area contributed by atoms with Crippen LogP contribution in [0.25, 0.3) is 0 Å². The second-order valence-corrected chi connectivity index (χ2v) is 5.05. The maximum Gasteiger partial charge on any atom is 0.123 e. The summed E-state index contributed by atoms with van der Waals surface area (Å²) >= 11 is 0. The SMILES string of the molecule is COc1ccc(C#N)cc1CN(C)C1CCCNC1. The van der Waals surface area contributed by atoms with E-state index in [2.05, 4.69) is 23.3 Å². The van der Waals surface area contributed by atoms with Crippen molar-refractivity contribution in [2.75, 3.05) is 27.2 Å². The monoisotopic (exact) mass is 259 g/mol. The standard InChI is InChI=1S/C15H21N3O/c1-18(14-4-3-7-17-10-14)11-13-8-12(9-16)5-6-15(13)19-2/h5-6,8,14,17H,3-4,7,10-11H2,1-2H3. The van der Waals surface area contributed by atoms with Gasteiger partial charge in [0.2, 0.25) is 0 Å². The van der Waals surface area contributed by atoms with Gasteiger partial charge in [0.05, 0.1) is 18.7 Å². The fourth-order valence-electron chi connectivity index (χ4n) is 2.58. The van der Waals surface area contributed by atoms with Crippen molar-refractivity contribution in [2.45, 2.75) is 25.4 Å². The Morgan fingerprint density at radius 3 is 3.00 bits per heavy atom. The molecule has 4 heteroatoms. The van der Waals surface area contributed by atoms with Gasteiger partial charge >= 0.3 is 0 Å². The molecule has 1 fully saturated rings. The van der Waals surface area contributed by atoms with Gasteiger partial charge in [-0.1, -0.05) is 0 Å². The molecule has 1 heterocycles. The Balaban J connectivity index is 2.10. The molecule has 0 spiro atoms. The summed E-state index contributed by atoms with van der Waals surface area (Å²) in [7, 11) is 3.81. The summed E-state index contributed by atoms with van der Waals surface area (Å²) in [6, 6.07) is 8.34. The predicted octanol–water partition coefficient (Wildman–Crippen LogP) is 1.75. The minimum absolute atomic E-state index is 0.559. The van der Waals surface area contributed by atoms with Crippen molar-refractivity contribution in [1.29, 1.82) is 5.26 Å². The quantitative estimate of drug-likeness (QED) is 0.895. The number of ether oxygens (including phenoxy) is 1. The van der Waals surface area contributed by atoms with Crippen LogP contribution in [-0.2, 0) is 6.54 Å². The number of nitrogens with one attached hydrogen (secondary N) is 1. The Kier molecular flexibility index (Phi) is 4.78. The minimum atomic E-state index is 0.559. The lowest BCUT2D eigenvalue weighted by molar-refractivity contribution is 0.194. The number of hydrogen-bond acceptors (Lipinski definition) is 4. The maximum atomic E-state index is 8.99. The third kappa shape index (κ3) is 3.46. The second-order valence-electron chi connectivity index (χ2n) is 5.05. The first-order valence-electron chi connectivity index (χ1n) is 6.72. The van der Waals surface area contributed by atoms with Gasteiger partial charge in [0, 0.05) is 24.7 Å². The van der Waals surface area contributed by atoms with E-state index >= 15 is 0 Å². The van der Waals surface area contributed by atoms with E-state index in [0.717, 1.165) is 30.9 Å². The molecule has 1 aromatic rings. The van der Waals surface area contributed by atoms with Crippen LogP contribution in [0.2, 0.25) is 0 Å². The third-order valence-corrected chi connectivity index (χ3v) is 3.72.